The largest absolute Gasteiger partial charge is 0.368 e. The van der Waals surface area contributed by atoms with Gasteiger partial charge in [0.25, 0.3) is 0 Å². The van der Waals surface area contributed by atoms with Gasteiger partial charge in [-0.15, -0.1) is 0 Å². The van der Waals surface area contributed by atoms with Gasteiger partial charge in [-0.3, -0.25) is 4.79 Å². The molecule has 0 aliphatic carbocycles. The molecule has 26 heavy (non-hydrogen) atoms. The van der Waals surface area contributed by atoms with Crippen LogP contribution in [0.3, 0.4) is 0 Å². The summed E-state index contributed by atoms with van der Waals surface area (Å²) < 4.78 is 13.1. The van der Waals surface area contributed by atoms with Crippen molar-refractivity contribution in [1.29, 1.82) is 0 Å². The standard InChI is InChI=1S/C21H26FN3O/c1-3-23(20-6-4-5-17(2)15-20)16-21(26)25-13-11-24(12-14-25)19-9-7-18(22)8-10-19/h4-10,15H,3,11-14,16H2,1-2H3. The minimum absolute atomic E-state index is 0.159. The predicted molar refractivity (Wildman–Crippen MR) is 104 cm³/mol. The second kappa shape index (κ2) is 8.21. The number of hydrogen-bond donors (Lipinski definition) is 0. The maximum Gasteiger partial charge on any atom is 0.242 e. The molecule has 0 saturated carbocycles. The molecule has 1 aliphatic rings. The highest BCUT2D eigenvalue weighted by Gasteiger charge is 2.22. The van der Waals surface area contributed by atoms with Crippen LogP contribution in [0.25, 0.3) is 0 Å². The topological polar surface area (TPSA) is 26.8 Å². The number of anilines is 2. The summed E-state index contributed by atoms with van der Waals surface area (Å²) in [6.07, 6.45) is 0. The first-order chi connectivity index (χ1) is 12.6. The van der Waals surface area contributed by atoms with E-state index in [1.807, 2.05) is 11.0 Å². The van der Waals surface area contributed by atoms with Crippen LogP contribution in [0.4, 0.5) is 15.8 Å². The number of aryl methyl sites for hydroxylation is 1. The van der Waals surface area contributed by atoms with E-state index < -0.39 is 0 Å². The van der Waals surface area contributed by atoms with Crippen molar-refractivity contribution in [3.8, 4) is 0 Å². The molecular weight excluding hydrogens is 329 g/mol. The van der Waals surface area contributed by atoms with Gasteiger partial charge in [-0.1, -0.05) is 12.1 Å². The Morgan fingerprint density at radius 2 is 1.77 bits per heavy atom. The zero-order valence-electron chi connectivity index (χ0n) is 15.5. The van der Waals surface area contributed by atoms with Crippen LogP contribution in [0.2, 0.25) is 0 Å². The summed E-state index contributed by atoms with van der Waals surface area (Å²) in [5.41, 5.74) is 3.29. The minimum atomic E-state index is -0.224. The van der Waals surface area contributed by atoms with E-state index in [0.29, 0.717) is 19.6 Å². The van der Waals surface area contributed by atoms with E-state index in [1.165, 1.54) is 17.7 Å². The first kappa shape index (κ1) is 18.2. The Bertz CT molecular complexity index is 739. The van der Waals surface area contributed by atoms with Crippen molar-refractivity contribution in [2.45, 2.75) is 13.8 Å². The fourth-order valence-electron chi connectivity index (χ4n) is 3.34. The lowest BCUT2D eigenvalue weighted by molar-refractivity contribution is -0.130. The molecule has 3 rings (SSSR count). The van der Waals surface area contributed by atoms with E-state index in [0.717, 1.165) is 31.0 Å². The van der Waals surface area contributed by atoms with Crippen molar-refractivity contribution in [3.63, 3.8) is 0 Å². The molecule has 138 valence electrons. The highest BCUT2D eigenvalue weighted by molar-refractivity contribution is 5.81. The van der Waals surface area contributed by atoms with E-state index in [4.69, 9.17) is 0 Å². The van der Waals surface area contributed by atoms with Crippen molar-refractivity contribution >= 4 is 17.3 Å². The lowest BCUT2D eigenvalue weighted by Crippen LogP contribution is -2.51. The second-order valence-corrected chi connectivity index (χ2v) is 6.70. The molecular formula is C21H26FN3O. The van der Waals surface area contributed by atoms with Gasteiger partial charge in [-0.2, -0.15) is 0 Å². The van der Waals surface area contributed by atoms with Crippen LogP contribution >= 0.6 is 0 Å². The number of likely N-dealkylation sites (N-methyl/N-ethyl adjacent to an activating group) is 1. The first-order valence-corrected chi connectivity index (χ1v) is 9.16. The average molecular weight is 355 g/mol. The van der Waals surface area contributed by atoms with E-state index in [9.17, 15) is 9.18 Å². The highest BCUT2D eigenvalue weighted by atomic mass is 19.1. The zero-order valence-corrected chi connectivity index (χ0v) is 15.5. The maximum atomic E-state index is 13.1. The van der Waals surface area contributed by atoms with Crippen LogP contribution in [0.5, 0.6) is 0 Å². The van der Waals surface area contributed by atoms with Crippen molar-refractivity contribution in [1.82, 2.24) is 4.90 Å². The molecule has 0 radical (unpaired) electrons. The van der Waals surface area contributed by atoms with Crippen LogP contribution in [0.15, 0.2) is 48.5 Å². The summed E-state index contributed by atoms with van der Waals surface area (Å²) in [6.45, 7) is 8.27. The van der Waals surface area contributed by atoms with Crippen LogP contribution in [-0.2, 0) is 4.79 Å². The lowest BCUT2D eigenvalue weighted by atomic mass is 10.2. The van der Waals surface area contributed by atoms with E-state index >= 15 is 0 Å². The van der Waals surface area contributed by atoms with Gasteiger partial charge in [0.15, 0.2) is 0 Å². The van der Waals surface area contributed by atoms with Gasteiger partial charge in [-0.05, 0) is 55.8 Å². The molecule has 2 aromatic carbocycles. The van der Waals surface area contributed by atoms with Gasteiger partial charge >= 0.3 is 0 Å². The second-order valence-electron chi connectivity index (χ2n) is 6.70. The molecule has 2 aromatic rings. The molecule has 0 aromatic heterocycles. The molecule has 4 nitrogen and oxygen atoms in total. The number of nitrogens with zero attached hydrogens (tertiary/aromatic N) is 3. The third-order valence-electron chi connectivity index (χ3n) is 4.90. The summed E-state index contributed by atoms with van der Waals surface area (Å²) in [7, 11) is 0. The lowest BCUT2D eigenvalue weighted by Gasteiger charge is -2.37. The Morgan fingerprint density at radius 3 is 2.38 bits per heavy atom. The van der Waals surface area contributed by atoms with Gasteiger partial charge in [0.2, 0.25) is 5.91 Å². The third kappa shape index (κ3) is 4.34. The van der Waals surface area contributed by atoms with E-state index in [-0.39, 0.29) is 11.7 Å². The maximum absolute atomic E-state index is 13.1. The van der Waals surface area contributed by atoms with Crippen LogP contribution < -0.4 is 9.80 Å². The number of carbonyl (C=O) groups is 1. The zero-order chi connectivity index (χ0) is 18.5. The van der Waals surface area contributed by atoms with Crippen molar-refractivity contribution in [3.05, 3.63) is 59.9 Å². The molecule has 1 amide bonds. The summed E-state index contributed by atoms with van der Waals surface area (Å²) in [5.74, 6) is -0.0644. The van der Waals surface area contributed by atoms with Gasteiger partial charge in [-0.25, -0.2) is 4.39 Å². The van der Waals surface area contributed by atoms with E-state index in [2.05, 4.69) is 41.8 Å². The molecule has 0 spiro atoms. The number of piperazine rings is 1. The summed E-state index contributed by atoms with van der Waals surface area (Å²) in [5, 5.41) is 0. The van der Waals surface area contributed by atoms with Gasteiger partial charge in [0, 0.05) is 44.1 Å². The molecule has 1 fully saturated rings. The van der Waals surface area contributed by atoms with Gasteiger partial charge in [0.1, 0.15) is 5.82 Å². The Labute approximate surface area is 154 Å². The fourth-order valence-corrected chi connectivity index (χ4v) is 3.34. The fraction of sp³-hybridized carbons (Fsp3) is 0.381. The summed E-state index contributed by atoms with van der Waals surface area (Å²) in [6, 6.07) is 14.8. The molecule has 0 bridgehead atoms. The average Bonchev–Trinajstić information content (AvgIpc) is 2.66. The molecule has 0 unspecified atom stereocenters. The summed E-state index contributed by atoms with van der Waals surface area (Å²) >= 11 is 0. The molecule has 0 N–H and O–H groups in total. The number of carbonyl (C=O) groups excluding carboxylic acids is 1. The molecule has 1 heterocycles. The normalized spacial score (nSPS) is 14.4. The minimum Gasteiger partial charge on any atom is -0.368 e. The smallest absolute Gasteiger partial charge is 0.242 e. The number of halogens is 1. The van der Waals surface area contributed by atoms with Crippen LogP contribution in [0, 0.1) is 12.7 Å². The third-order valence-corrected chi connectivity index (χ3v) is 4.90. The van der Waals surface area contributed by atoms with Gasteiger partial charge < -0.3 is 14.7 Å². The van der Waals surface area contributed by atoms with Crippen LogP contribution in [0.1, 0.15) is 12.5 Å². The number of hydrogen-bond acceptors (Lipinski definition) is 3. The van der Waals surface area contributed by atoms with E-state index in [1.54, 1.807) is 12.1 Å². The Balaban J connectivity index is 1.56. The first-order valence-electron chi connectivity index (χ1n) is 9.16. The monoisotopic (exact) mass is 355 g/mol. The Morgan fingerprint density at radius 1 is 1.08 bits per heavy atom. The SMILES string of the molecule is CCN(CC(=O)N1CCN(c2ccc(F)cc2)CC1)c1cccc(C)c1. The number of amides is 1. The summed E-state index contributed by atoms with van der Waals surface area (Å²) in [4.78, 5) is 19.0. The Kier molecular flexibility index (Phi) is 5.76. The number of rotatable bonds is 5. The molecule has 5 heteroatoms. The van der Waals surface area contributed by atoms with Gasteiger partial charge in [0.05, 0.1) is 6.54 Å². The predicted octanol–water partition coefficient (Wildman–Crippen LogP) is 3.31. The van der Waals surface area contributed by atoms with Crippen molar-refractivity contribution < 1.29 is 9.18 Å². The highest BCUT2D eigenvalue weighted by Crippen LogP contribution is 2.18. The molecule has 0 atom stereocenters. The molecule has 1 aliphatic heterocycles. The molecule has 1 saturated heterocycles. The van der Waals surface area contributed by atoms with Crippen molar-refractivity contribution in [2.75, 3.05) is 49.1 Å². The Hall–Kier alpha value is -2.56. The quantitative estimate of drug-likeness (QED) is 0.823. The number of benzene rings is 2. The van der Waals surface area contributed by atoms with Crippen LogP contribution in [-0.4, -0.2) is 50.1 Å². The van der Waals surface area contributed by atoms with Crippen molar-refractivity contribution in [2.24, 2.45) is 0 Å².